The Bertz CT molecular complexity index is 1390. The minimum Gasteiger partial charge on any atom is -0.496 e. The maximum Gasteiger partial charge on any atom is 0.251 e. The summed E-state index contributed by atoms with van der Waals surface area (Å²) in [6.45, 7) is 2.02. The van der Waals surface area contributed by atoms with Crippen LogP contribution >= 0.6 is 0 Å². The van der Waals surface area contributed by atoms with Crippen molar-refractivity contribution in [2.75, 3.05) is 7.11 Å². The van der Waals surface area contributed by atoms with E-state index >= 15 is 0 Å². The summed E-state index contributed by atoms with van der Waals surface area (Å²) >= 11 is 0. The Hall–Kier alpha value is -3.91. The summed E-state index contributed by atoms with van der Waals surface area (Å²) in [5.74, 6) is 0.971. The minimum atomic E-state index is -3.54. The number of amides is 1. The lowest BCUT2D eigenvalue weighted by molar-refractivity contribution is 0.0950. The van der Waals surface area contributed by atoms with Gasteiger partial charge in [-0.05, 0) is 49.4 Å². The quantitative estimate of drug-likeness (QED) is 0.400. The van der Waals surface area contributed by atoms with Crippen LogP contribution in [-0.2, 0) is 22.1 Å². The molecule has 4 aromatic rings. The van der Waals surface area contributed by atoms with E-state index in [0.29, 0.717) is 40.8 Å². The highest BCUT2D eigenvalue weighted by Gasteiger charge is 2.21. The lowest BCUT2D eigenvalue weighted by Crippen LogP contribution is -2.22. The van der Waals surface area contributed by atoms with Crippen LogP contribution in [0, 0.1) is 6.92 Å². The Balaban J connectivity index is 1.45. The molecule has 0 spiro atoms. The Morgan fingerprint density at radius 3 is 2.35 bits per heavy atom. The van der Waals surface area contributed by atoms with Crippen LogP contribution in [0.1, 0.15) is 27.4 Å². The molecule has 0 aliphatic carbocycles. The fourth-order valence-electron chi connectivity index (χ4n) is 3.47. The van der Waals surface area contributed by atoms with E-state index in [-0.39, 0.29) is 16.6 Å². The predicted molar refractivity (Wildman–Crippen MR) is 128 cm³/mol. The molecule has 0 aliphatic rings. The number of aromatic nitrogens is 1. The first-order valence-electron chi connectivity index (χ1n) is 10.6. The van der Waals surface area contributed by atoms with Crippen LogP contribution in [0.3, 0.4) is 0 Å². The summed E-state index contributed by atoms with van der Waals surface area (Å²) in [6.07, 6.45) is 0. The maximum absolute atomic E-state index is 12.7. The molecule has 1 heterocycles. The molecule has 174 valence electrons. The zero-order valence-electron chi connectivity index (χ0n) is 18.8. The summed E-state index contributed by atoms with van der Waals surface area (Å²) in [5, 5.41) is 2.88. The lowest BCUT2D eigenvalue weighted by Gasteiger charge is -2.09. The highest BCUT2D eigenvalue weighted by Crippen LogP contribution is 2.25. The monoisotopic (exact) mass is 476 g/mol. The molecule has 4 rings (SSSR count). The number of carbonyl (C=O) groups is 1. The third kappa shape index (κ3) is 5.18. The van der Waals surface area contributed by atoms with Gasteiger partial charge in [0.15, 0.2) is 9.84 Å². The molecule has 1 aromatic heterocycles. The van der Waals surface area contributed by atoms with Crippen LogP contribution in [-0.4, -0.2) is 26.4 Å². The molecule has 0 aliphatic heterocycles. The number of oxazole rings is 1. The maximum atomic E-state index is 12.7. The van der Waals surface area contributed by atoms with Crippen LogP contribution in [0.4, 0.5) is 0 Å². The zero-order chi connectivity index (χ0) is 24.1. The number of sulfone groups is 1. The van der Waals surface area contributed by atoms with Crippen LogP contribution in [0.5, 0.6) is 5.75 Å². The number of carbonyl (C=O) groups excluding carboxylic acids is 1. The fraction of sp³-hybridized carbons (Fsp3) is 0.154. The van der Waals surface area contributed by atoms with Crippen molar-refractivity contribution in [2.24, 2.45) is 0 Å². The largest absolute Gasteiger partial charge is 0.496 e. The molecule has 1 N–H and O–H groups in total. The van der Waals surface area contributed by atoms with Gasteiger partial charge in [-0.25, -0.2) is 13.4 Å². The number of hydrogen-bond donors (Lipinski definition) is 1. The fourth-order valence-corrected chi connectivity index (χ4v) is 4.83. The summed E-state index contributed by atoms with van der Waals surface area (Å²) in [6, 6.07) is 22.5. The molecule has 0 saturated carbocycles. The Morgan fingerprint density at radius 2 is 1.65 bits per heavy atom. The molecule has 0 bridgehead atoms. The highest BCUT2D eigenvalue weighted by atomic mass is 32.2. The van der Waals surface area contributed by atoms with Crippen molar-refractivity contribution in [3.05, 3.63) is 101 Å². The van der Waals surface area contributed by atoms with Gasteiger partial charge in [-0.15, -0.1) is 0 Å². The number of ether oxygens (including phenoxy) is 1. The normalized spacial score (nSPS) is 11.2. The van der Waals surface area contributed by atoms with Crippen molar-refractivity contribution in [3.63, 3.8) is 0 Å². The second kappa shape index (κ2) is 9.93. The molecule has 0 unspecified atom stereocenters. The second-order valence-electron chi connectivity index (χ2n) is 7.67. The predicted octanol–water partition coefficient (Wildman–Crippen LogP) is 4.56. The smallest absolute Gasteiger partial charge is 0.251 e. The molecule has 34 heavy (non-hydrogen) atoms. The number of nitrogens with zero attached hydrogens (tertiary/aromatic N) is 1. The van der Waals surface area contributed by atoms with E-state index in [4.69, 9.17) is 9.15 Å². The van der Waals surface area contributed by atoms with Crippen molar-refractivity contribution >= 4 is 15.7 Å². The van der Waals surface area contributed by atoms with Gasteiger partial charge in [0.1, 0.15) is 17.3 Å². The third-order valence-electron chi connectivity index (χ3n) is 5.35. The second-order valence-corrected chi connectivity index (χ2v) is 9.66. The van der Waals surface area contributed by atoms with Gasteiger partial charge < -0.3 is 14.5 Å². The summed E-state index contributed by atoms with van der Waals surface area (Å²) in [7, 11) is -1.95. The number of hydrogen-bond acceptors (Lipinski definition) is 6. The minimum absolute atomic E-state index is 0.226. The molecule has 1 amide bonds. The Labute approximate surface area is 198 Å². The first-order valence-corrected chi connectivity index (χ1v) is 12.3. The molecular weight excluding hydrogens is 452 g/mol. The molecule has 0 saturated heterocycles. The van der Waals surface area contributed by atoms with E-state index in [1.807, 2.05) is 24.3 Å². The average Bonchev–Trinajstić information content (AvgIpc) is 3.22. The van der Waals surface area contributed by atoms with Gasteiger partial charge in [0, 0.05) is 23.2 Å². The SMILES string of the molecule is COc1ccccc1CNC(=O)c1ccc(-c2nc(CS(=O)(=O)c3ccccc3)c(C)o2)cc1. The van der Waals surface area contributed by atoms with Crippen molar-refractivity contribution < 1.29 is 22.4 Å². The van der Waals surface area contributed by atoms with E-state index in [2.05, 4.69) is 10.3 Å². The van der Waals surface area contributed by atoms with Crippen LogP contribution < -0.4 is 10.1 Å². The van der Waals surface area contributed by atoms with Crippen molar-refractivity contribution in [1.82, 2.24) is 10.3 Å². The number of methoxy groups -OCH3 is 1. The first kappa shape index (κ1) is 23.3. The number of para-hydroxylation sites is 1. The first-order chi connectivity index (χ1) is 16.4. The van der Waals surface area contributed by atoms with Crippen molar-refractivity contribution in [1.29, 1.82) is 0 Å². The van der Waals surface area contributed by atoms with Crippen molar-refractivity contribution in [3.8, 4) is 17.2 Å². The topological polar surface area (TPSA) is 98.5 Å². The molecule has 8 heteroatoms. The molecule has 7 nitrogen and oxygen atoms in total. The summed E-state index contributed by atoms with van der Waals surface area (Å²) in [5.41, 5.74) is 2.36. The standard InChI is InChI=1S/C26H24N2O5S/c1-18-23(17-34(30,31)22-9-4-3-5-10-22)28-26(33-18)20-14-12-19(13-15-20)25(29)27-16-21-8-6-7-11-24(21)32-2/h3-15H,16-17H2,1-2H3,(H,27,29). The van der Waals surface area contributed by atoms with Gasteiger partial charge in [-0.3, -0.25) is 4.79 Å². The molecule has 0 radical (unpaired) electrons. The van der Waals surface area contributed by atoms with Gasteiger partial charge in [-0.2, -0.15) is 0 Å². The van der Waals surface area contributed by atoms with Crippen LogP contribution in [0.2, 0.25) is 0 Å². The Kier molecular flexibility index (Phi) is 6.79. The lowest BCUT2D eigenvalue weighted by atomic mass is 10.1. The Morgan fingerprint density at radius 1 is 0.971 bits per heavy atom. The van der Waals surface area contributed by atoms with Crippen molar-refractivity contribution in [2.45, 2.75) is 24.1 Å². The molecule has 0 fully saturated rings. The number of nitrogens with one attached hydrogen (secondary N) is 1. The number of aryl methyl sites for hydroxylation is 1. The number of benzene rings is 3. The van der Waals surface area contributed by atoms with Gasteiger partial charge in [0.2, 0.25) is 5.89 Å². The van der Waals surface area contributed by atoms with Gasteiger partial charge >= 0.3 is 0 Å². The average molecular weight is 477 g/mol. The van der Waals surface area contributed by atoms with E-state index < -0.39 is 9.84 Å². The van der Waals surface area contributed by atoms with E-state index in [1.54, 1.807) is 68.6 Å². The van der Waals surface area contributed by atoms with Gasteiger partial charge in [-0.1, -0.05) is 36.4 Å². The van der Waals surface area contributed by atoms with E-state index in [0.717, 1.165) is 5.56 Å². The zero-order valence-corrected chi connectivity index (χ0v) is 19.6. The van der Waals surface area contributed by atoms with E-state index in [1.165, 1.54) is 0 Å². The molecule has 3 aromatic carbocycles. The summed E-state index contributed by atoms with van der Waals surface area (Å²) in [4.78, 5) is 17.2. The summed E-state index contributed by atoms with van der Waals surface area (Å²) < 4.78 is 36.4. The van der Waals surface area contributed by atoms with Crippen LogP contribution in [0.15, 0.2) is 88.2 Å². The van der Waals surface area contributed by atoms with Gasteiger partial charge in [0.05, 0.1) is 17.7 Å². The van der Waals surface area contributed by atoms with Gasteiger partial charge in [0.25, 0.3) is 5.91 Å². The molecular formula is C26H24N2O5S. The highest BCUT2D eigenvalue weighted by molar-refractivity contribution is 7.90. The van der Waals surface area contributed by atoms with Crippen LogP contribution in [0.25, 0.3) is 11.5 Å². The molecule has 0 atom stereocenters. The van der Waals surface area contributed by atoms with E-state index in [9.17, 15) is 13.2 Å². The third-order valence-corrected chi connectivity index (χ3v) is 6.99. The number of rotatable bonds is 8.